The van der Waals surface area contributed by atoms with E-state index in [1.165, 1.54) is 17.3 Å². The van der Waals surface area contributed by atoms with E-state index in [0.717, 1.165) is 30.3 Å². The first-order valence-electron chi connectivity index (χ1n) is 7.40. The molecule has 2 aromatic rings. The number of thioether (sulfide) groups is 1. The molecule has 1 aliphatic rings. The Morgan fingerprint density at radius 2 is 2.26 bits per heavy atom. The van der Waals surface area contributed by atoms with Crippen LogP contribution in [0.1, 0.15) is 5.56 Å². The predicted molar refractivity (Wildman–Crippen MR) is 92.4 cm³/mol. The van der Waals surface area contributed by atoms with Crippen molar-refractivity contribution in [2.24, 2.45) is 5.92 Å². The molecule has 0 aliphatic carbocycles. The Bertz CT molecular complexity index is 696. The second-order valence-corrected chi connectivity index (χ2v) is 6.17. The summed E-state index contributed by atoms with van der Waals surface area (Å²) in [4.78, 5) is 8.55. The number of methoxy groups -OCH3 is 1. The molecule has 0 amide bonds. The summed E-state index contributed by atoms with van der Waals surface area (Å²) in [6, 6.07) is 7.72. The predicted octanol–water partition coefficient (Wildman–Crippen LogP) is 2.45. The molecule has 122 valence electrons. The number of ether oxygens (including phenoxy) is 2. The molecule has 1 aromatic carbocycles. The van der Waals surface area contributed by atoms with Gasteiger partial charge in [-0.1, -0.05) is 17.8 Å². The van der Waals surface area contributed by atoms with Gasteiger partial charge in [0.25, 0.3) is 0 Å². The van der Waals surface area contributed by atoms with Crippen LogP contribution in [0.4, 0.5) is 11.6 Å². The van der Waals surface area contributed by atoms with Crippen molar-refractivity contribution in [1.82, 2.24) is 9.97 Å². The largest absolute Gasteiger partial charge is 0.497 e. The third-order valence-corrected chi connectivity index (χ3v) is 4.29. The lowest BCUT2D eigenvalue weighted by atomic mass is 9.96. The molecule has 0 saturated heterocycles. The van der Waals surface area contributed by atoms with Gasteiger partial charge in [0.15, 0.2) is 5.16 Å². The summed E-state index contributed by atoms with van der Waals surface area (Å²) in [6.45, 7) is 1.44. The van der Waals surface area contributed by atoms with Gasteiger partial charge in [-0.05, 0) is 24.3 Å². The van der Waals surface area contributed by atoms with Gasteiger partial charge in [-0.25, -0.2) is 9.97 Å². The quantitative estimate of drug-likeness (QED) is 0.643. The van der Waals surface area contributed by atoms with Gasteiger partial charge in [0.1, 0.15) is 23.1 Å². The number of nitrogen functional groups attached to an aromatic ring is 1. The Kier molecular flexibility index (Phi) is 4.76. The van der Waals surface area contributed by atoms with Gasteiger partial charge in [0.05, 0.1) is 13.7 Å². The highest BCUT2D eigenvalue weighted by Crippen LogP contribution is 2.31. The van der Waals surface area contributed by atoms with Gasteiger partial charge >= 0.3 is 0 Å². The molecule has 3 rings (SSSR count). The highest BCUT2D eigenvalue weighted by atomic mass is 32.2. The van der Waals surface area contributed by atoms with Crippen LogP contribution in [0.3, 0.4) is 0 Å². The van der Waals surface area contributed by atoms with Gasteiger partial charge in [0.2, 0.25) is 0 Å². The number of nitrogens with two attached hydrogens (primary N) is 1. The van der Waals surface area contributed by atoms with Crippen molar-refractivity contribution >= 4 is 23.4 Å². The fourth-order valence-corrected chi connectivity index (χ4v) is 2.93. The molecule has 0 radical (unpaired) electrons. The molecule has 0 unspecified atom stereocenters. The van der Waals surface area contributed by atoms with Crippen molar-refractivity contribution in [3.63, 3.8) is 0 Å². The van der Waals surface area contributed by atoms with Crippen molar-refractivity contribution in [3.05, 3.63) is 29.8 Å². The third-order valence-electron chi connectivity index (χ3n) is 3.74. The number of nitrogens with one attached hydrogen (secondary N) is 1. The number of benzene rings is 1. The van der Waals surface area contributed by atoms with Crippen LogP contribution in [0.5, 0.6) is 11.5 Å². The topological polar surface area (TPSA) is 82.3 Å². The standard InChI is InChI=1S/C16H20N4O2S/c1-21-12-4-3-11-5-10(9-22-13(11)6-12)8-18-15-7-14(17)19-16(20-15)23-2/h3-4,6-7,10H,5,8-9H2,1-2H3,(H3,17,18,19,20)/t10-/m1/s1. The number of anilines is 2. The van der Waals surface area contributed by atoms with Gasteiger partial charge in [-0.15, -0.1) is 0 Å². The maximum absolute atomic E-state index is 5.85. The normalized spacial score (nSPS) is 16.3. The molecule has 6 nitrogen and oxygen atoms in total. The van der Waals surface area contributed by atoms with Crippen LogP contribution in [0.2, 0.25) is 0 Å². The van der Waals surface area contributed by atoms with Crippen LogP contribution in [-0.4, -0.2) is 36.5 Å². The van der Waals surface area contributed by atoms with E-state index in [1.54, 1.807) is 13.2 Å². The Balaban J connectivity index is 1.62. The molecular weight excluding hydrogens is 312 g/mol. The molecule has 7 heteroatoms. The van der Waals surface area contributed by atoms with Crippen LogP contribution < -0.4 is 20.5 Å². The van der Waals surface area contributed by atoms with E-state index in [-0.39, 0.29) is 0 Å². The SMILES string of the molecule is COc1ccc2c(c1)OC[C@@H](CNc1cc(N)nc(SC)n1)C2. The summed E-state index contributed by atoms with van der Waals surface area (Å²) in [7, 11) is 1.66. The van der Waals surface area contributed by atoms with Crippen molar-refractivity contribution in [2.45, 2.75) is 11.6 Å². The number of rotatable bonds is 5. The molecular formula is C16H20N4O2S. The molecule has 0 fully saturated rings. The van der Waals surface area contributed by atoms with Gasteiger partial charge in [-0.2, -0.15) is 0 Å². The van der Waals surface area contributed by atoms with Crippen molar-refractivity contribution in [1.29, 1.82) is 0 Å². The van der Waals surface area contributed by atoms with Crippen molar-refractivity contribution < 1.29 is 9.47 Å². The molecule has 0 bridgehead atoms. The number of fused-ring (bicyclic) bond motifs is 1. The van der Waals surface area contributed by atoms with Crippen LogP contribution in [0, 0.1) is 5.92 Å². The Morgan fingerprint density at radius 1 is 1.39 bits per heavy atom. The van der Waals surface area contributed by atoms with E-state index in [1.807, 2.05) is 18.4 Å². The summed E-state index contributed by atoms with van der Waals surface area (Å²) in [5, 5.41) is 4.01. The van der Waals surface area contributed by atoms with E-state index < -0.39 is 0 Å². The maximum atomic E-state index is 5.85. The zero-order valence-electron chi connectivity index (χ0n) is 13.2. The monoisotopic (exact) mass is 332 g/mol. The molecule has 0 spiro atoms. The summed E-state index contributed by atoms with van der Waals surface area (Å²) < 4.78 is 11.1. The van der Waals surface area contributed by atoms with E-state index in [4.69, 9.17) is 15.2 Å². The molecule has 1 atom stereocenters. The average Bonchev–Trinajstić information content (AvgIpc) is 2.58. The fourth-order valence-electron chi connectivity index (χ4n) is 2.55. The lowest BCUT2D eigenvalue weighted by Gasteiger charge is -2.26. The highest BCUT2D eigenvalue weighted by molar-refractivity contribution is 7.98. The number of hydrogen-bond donors (Lipinski definition) is 2. The summed E-state index contributed by atoms with van der Waals surface area (Å²) in [6.07, 6.45) is 2.89. The number of aromatic nitrogens is 2. The second kappa shape index (κ2) is 6.95. The van der Waals surface area contributed by atoms with Crippen molar-refractivity contribution in [2.75, 3.05) is 37.6 Å². The fraction of sp³-hybridized carbons (Fsp3) is 0.375. The number of nitrogens with zero attached hydrogens (tertiary/aromatic N) is 2. The van der Waals surface area contributed by atoms with E-state index in [9.17, 15) is 0 Å². The second-order valence-electron chi connectivity index (χ2n) is 5.40. The molecule has 1 aromatic heterocycles. The van der Waals surface area contributed by atoms with Gasteiger partial charge < -0.3 is 20.5 Å². The lowest BCUT2D eigenvalue weighted by Crippen LogP contribution is -2.27. The zero-order valence-corrected chi connectivity index (χ0v) is 14.0. The highest BCUT2D eigenvalue weighted by Gasteiger charge is 2.20. The van der Waals surface area contributed by atoms with E-state index in [0.29, 0.717) is 23.5 Å². The summed E-state index contributed by atoms with van der Waals surface area (Å²) in [5.41, 5.74) is 7.00. The van der Waals surface area contributed by atoms with Crippen LogP contribution in [0.15, 0.2) is 29.4 Å². The Labute approximate surface area is 139 Å². The molecule has 0 saturated carbocycles. The van der Waals surface area contributed by atoms with E-state index >= 15 is 0 Å². The van der Waals surface area contributed by atoms with E-state index in [2.05, 4.69) is 21.4 Å². The van der Waals surface area contributed by atoms with Gasteiger partial charge in [0, 0.05) is 24.6 Å². The smallest absolute Gasteiger partial charge is 0.191 e. The molecule has 23 heavy (non-hydrogen) atoms. The van der Waals surface area contributed by atoms with Crippen LogP contribution in [-0.2, 0) is 6.42 Å². The van der Waals surface area contributed by atoms with Crippen LogP contribution >= 0.6 is 11.8 Å². The molecule has 1 aliphatic heterocycles. The molecule has 3 N–H and O–H groups in total. The summed E-state index contributed by atoms with van der Waals surface area (Å²) >= 11 is 1.47. The third kappa shape index (κ3) is 3.79. The first kappa shape index (κ1) is 15.7. The Hall–Kier alpha value is -2.15. The minimum atomic E-state index is 0.379. The zero-order chi connectivity index (χ0) is 16.2. The first-order chi connectivity index (χ1) is 11.2. The minimum Gasteiger partial charge on any atom is -0.497 e. The first-order valence-corrected chi connectivity index (χ1v) is 8.62. The average molecular weight is 332 g/mol. The summed E-state index contributed by atoms with van der Waals surface area (Å²) in [5.74, 6) is 3.34. The van der Waals surface area contributed by atoms with Crippen LogP contribution in [0.25, 0.3) is 0 Å². The lowest BCUT2D eigenvalue weighted by molar-refractivity contribution is 0.228. The molecule has 2 heterocycles. The number of hydrogen-bond acceptors (Lipinski definition) is 7. The maximum Gasteiger partial charge on any atom is 0.191 e. The van der Waals surface area contributed by atoms with Gasteiger partial charge in [-0.3, -0.25) is 0 Å². The Morgan fingerprint density at radius 3 is 3.04 bits per heavy atom. The minimum absolute atomic E-state index is 0.379. The van der Waals surface area contributed by atoms with Crippen molar-refractivity contribution in [3.8, 4) is 11.5 Å².